The molecule has 0 aliphatic carbocycles. The molecule has 0 saturated heterocycles. The normalized spacial score (nSPS) is 12.0. The summed E-state index contributed by atoms with van der Waals surface area (Å²) in [6, 6.07) is 18.3. The van der Waals surface area contributed by atoms with E-state index in [1.807, 2.05) is 54.6 Å². The van der Waals surface area contributed by atoms with E-state index in [1.54, 1.807) is 0 Å². The van der Waals surface area contributed by atoms with Crippen LogP contribution in [-0.4, -0.2) is 10.2 Å². The fourth-order valence-corrected chi connectivity index (χ4v) is 2.26. The molecule has 2 aromatic carbocycles. The van der Waals surface area contributed by atoms with E-state index < -0.39 is 0 Å². The molecule has 0 N–H and O–H groups in total. The van der Waals surface area contributed by atoms with Gasteiger partial charge >= 0.3 is 0 Å². The first-order chi connectivity index (χ1) is 11.0. The Kier molecular flexibility index (Phi) is 4.11. The first-order valence-electron chi connectivity index (χ1n) is 7.70. The monoisotopic (exact) mass is 304 g/mol. The van der Waals surface area contributed by atoms with Crippen molar-refractivity contribution < 1.29 is 4.42 Å². The first-order valence-corrected chi connectivity index (χ1v) is 7.70. The summed E-state index contributed by atoms with van der Waals surface area (Å²) < 4.78 is 5.71. The lowest BCUT2D eigenvalue weighted by molar-refractivity contribution is 0.557. The van der Waals surface area contributed by atoms with Crippen LogP contribution in [0, 0.1) is 0 Å². The van der Waals surface area contributed by atoms with E-state index in [0.717, 1.165) is 11.1 Å². The topological polar surface area (TPSA) is 38.9 Å². The number of rotatable bonds is 3. The van der Waals surface area contributed by atoms with Crippen molar-refractivity contribution in [3.63, 3.8) is 0 Å². The molecule has 3 heteroatoms. The standard InChI is InChI=1S/C20H20N2O/c1-20(2,3)17-12-10-16(11-13-17)19-22-21-18(23-19)14-9-15-7-5-4-6-8-15/h4-14H,1-3H3. The van der Waals surface area contributed by atoms with Gasteiger partial charge in [0.25, 0.3) is 0 Å². The van der Waals surface area contributed by atoms with Gasteiger partial charge in [0.1, 0.15) is 0 Å². The maximum atomic E-state index is 5.71. The molecule has 0 atom stereocenters. The average molecular weight is 304 g/mol. The van der Waals surface area contributed by atoms with Crippen molar-refractivity contribution in [3.8, 4) is 11.5 Å². The highest BCUT2D eigenvalue weighted by Gasteiger charge is 2.14. The van der Waals surface area contributed by atoms with E-state index in [4.69, 9.17) is 4.42 Å². The van der Waals surface area contributed by atoms with E-state index >= 15 is 0 Å². The van der Waals surface area contributed by atoms with Gasteiger partial charge in [-0.15, -0.1) is 10.2 Å². The van der Waals surface area contributed by atoms with Crippen LogP contribution in [0.2, 0.25) is 0 Å². The molecular formula is C20H20N2O. The molecule has 0 aliphatic heterocycles. The van der Waals surface area contributed by atoms with E-state index in [0.29, 0.717) is 11.8 Å². The lowest BCUT2D eigenvalue weighted by Gasteiger charge is -2.18. The van der Waals surface area contributed by atoms with Crippen molar-refractivity contribution in [2.45, 2.75) is 26.2 Å². The quantitative estimate of drug-likeness (QED) is 0.667. The lowest BCUT2D eigenvalue weighted by atomic mass is 9.87. The SMILES string of the molecule is CC(C)(C)c1ccc(-c2nnc(C=Cc3ccccc3)o2)cc1. The van der Waals surface area contributed by atoms with Crippen LogP contribution in [0.4, 0.5) is 0 Å². The molecule has 23 heavy (non-hydrogen) atoms. The molecule has 1 aromatic heterocycles. The van der Waals surface area contributed by atoms with Crippen LogP contribution >= 0.6 is 0 Å². The summed E-state index contributed by atoms with van der Waals surface area (Å²) in [5, 5.41) is 8.20. The molecule has 0 saturated carbocycles. The van der Waals surface area contributed by atoms with Crippen molar-refractivity contribution in [1.82, 2.24) is 10.2 Å². The molecule has 0 fully saturated rings. The van der Waals surface area contributed by atoms with Gasteiger partial charge < -0.3 is 4.42 Å². The maximum absolute atomic E-state index is 5.71. The molecule has 0 unspecified atom stereocenters. The molecule has 3 aromatic rings. The molecule has 1 heterocycles. The summed E-state index contributed by atoms with van der Waals surface area (Å²) >= 11 is 0. The summed E-state index contributed by atoms with van der Waals surface area (Å²) in [7, 11) is 0. The van der Waals surface area contributed by atoms with Crippen LogP contribution in [0.1, 0.15) is 37.8 Å². The van der Waals surface area contributed by atoms with Gasteiger partial charge in [-0.1, -0.05) is 63.2 Å². The van der Waals surface area contributed by atoms with Crippen molar-refractivity contribution in [1.29, 1.82) is 0 Å². The molecule has 0 spiro atoms. The number of benzene rings is 2. The summed E-state index contributed by atoms with van der Waals surface area (Å²) in [5.41, 5.74) is 3.45. The highest BCUT2D eigenvalue weighted by Crippen LogP contribution is 2.25. The zero-order chi connectivity index (χ0) is 16.3. The fourth-order valence-electron chi connectivity index (χ4n) is 2.26. The molecule has 0 bridgehead atoms. The van der Waals surface area contributed by atoms with Crippen LogP contribution in [-0.2, 0) is 5.41 Å². The predicted molar refractivity (Wildman–Crippen MR) is 93.8 cm³/mol. The van der Waals surface area contributed by atoms with Gasteiger partial charge in [0.15, 0.2) is 0 Å². The molecular weight excluding hydrogens is 284 g/mol. The van der Waals surface area contributed by atoms with E-state index in [2.05, 4.69) is 43.1 Å². The Morgan fingerprint density at radius 1 is 0.826 bits per heavy atom. The maximum Gasteiger partial charge on any atom is 0.248 e. The summed E-state index contributed by atoms with van der Waals surface area (Å²) in [6.45, 7) is 6.59. The molecule has 3 rings (SSSR count). The van der Waals surface area contributed by atoms with Crippen LogP contribution in [0.5, 0.6) is 0 Å². The Bertz CT molecular complexity index is 794. The van der Waals surface area contributed by atoms with Crippen LogP contribution in [0.15, 0.2) is 59.0 Å². The molecule has 0 aliphatic rings. The van der Waals surface area contributed by atoms with Crippen molar-refractivity contribution in [2.24, 2.45) is 0 Å². The van der Waals surface area contributed by atoms with Crippen LogP contribution in [0.3, 0.4) is 0 Å². The summed E-state index contributed by atoms with van der Waals surface area (Å²) in [6.07, 6.45) is 3.79. The second-order valence-corrected chi connectivity index (χ2v) is 6.52. The second kappa shape index (κ2) is 6.21. The third kappa shape index (κ3) is 3.75. The zero-order valence-corrected chi connectivity index (χ0v) is 13.7. The van der Waals surface area contributed by atoms with Crippen molar-refractivity contribution >= 4 is 12.2 Å². The highest BCUT2D eigenvalue weighted by molar-refractivity contribution is 5.66. The number of hydrogen-bond acceptors (Lipinski definition) is 3. The lowest BCUT2D eigenvalue weighted by Crippen LogP contribution is -2.10. The Morgan fingerprint density at radius 3 is 2.17 bits per heavy atom. The first kappa shape index (κ1) is 15.2. The van der Waals surface area contributed by atoms with E-state index in [-0.39, 0.29) is 5.41 Å². The largest absolute Gasteiger partial charge is 0.417 e. The van der Waals surface area contributed by atoms with Gasteiger partial charge in [0.2, 0.25) is 11.8 Å². The predicted octanol–water partition coefficient (Wildman–Crippen LogP) is 5.20. The van der Waals surface area contributed by atoms with Gasteiger partial charge in [0, 0.05) is 11.6 Å². The minimum Gasteiger partial charge on any atom is -0.417 e. The van der Waals surface area contributed by atoms with Gasteiger partial charge in [0.05, 0.1) is 0 Å². The number of aromatic nitrogens is 2. The van der Waals surface area contributed by atoms with E-state index in [9.17, 15) is 0 Å². The molecule has 0 radical (unpaired) electrons. The Morgan fingerprint density at radius 2 is 1.52 bits per heavy atom. The van der Waals surface area contributed by atoms with Crippen LogP contribution < -0.4 is 0 Å². The average Bonchev–Trinajstić information content (AvgIpc) is 3.02. The van der Waals surface area contributed by atoms with Gasteiger partial charge in [-0.05, 0) is 34.8 Å². The Balaban J connectivity index is 1.78. The van der Waals surface area contributed by atoms with Gasteiger partial charge in [-0.3, -0.25) is 0 Å². The van der Waals surface area contributed by atoms with E-state index in [1.165, 1.54) is 5.56 Å². The van der Waals surface area contributed by atoms with Gasteiger partial charge in [-0.25, -0.2) is 0 Å². The minimum atomic E-state index is 0.136. The highest BCUT2D eigenvalue weighted by atomic mass is 16.4. The molecule has 3 nitrogen and oxygen atoms in total. The Labute approximate surface area is 136 Å². The smallest absolute Gasteiger partial charge is 0.248 e. The van der Waals surface area contributed by atoms with Crippen molar-refractivity contribution in [3.05, 3.63) is 71.6 Å². The Hall–Kier alpha value is -2.68. The fraction of sp³-hybridized carbons (Fsp3) is 0.200. The molecule has 116 valence electrons. The van der Waals surface area contributed by atoms with Crippen LogP contribution in [0.25, 0.3) is 23.6 Å². The summed E-state index contributed by atoms with van der Waals surface area (Å²) in [5.74, 6) is 1.04. The second-order valence-electron chi connectivity index (χ2n) is 6.52. The number of hydrogen-bond donors (Lipinski definition) is 0. The summed E-state index contributed by atoms with van der Waals surface area (Å²) in [4.78, 5) is 0. The third-order valence-corrected chi connectivity index (χ3v) is 3.66. The minimum absolute atomic E-state index is 0.136. The zero-order valence-electron chi connectivity index (χ0n) is 13.7. The van der Waals surface area contributed by atoms with Gasteiger partial charge in [-0.2, -0.15) is 0 Å². The third-order valence-electron chi connectivity index (χ3n) is 3.66. The molecule has 0 amide bonds. The van der Waals surface area contributed by atoms with Crippen molar-refractivity contribution in [2.75, 3.05) is 0 Å². The number of nitrogens with zero attached hydrogens (tertiary/aromatic N) is 2.